The van der Waals surface area contributed by atoms with E-state index in [1.54, 1.807) is 6.07 Å². The first-order valence-electron chi connectivity index (χ1n) is 6.91. The van der Waals surface area contributed by atoms with Gasteiger partial charge in [0, 0.05) is 33.7 Å². The van der Waals surface area contributed by atoms with Crippen LogP contribution in [0.4, 0.5) is 0 Å². The van der Waals surface area contributed by atoms with Gasteiger partial charge in [0.05, 0.1) is 16.6 Å². The van der Waals surface area contributed by atoms with Crippen molar-refractivity contribution in [2.45, 2.75) is 0 Å². The molecule has 4 rings (SSSR count). The Labute approximate surface area is 161 Å². The van der Waals surface area contributed by atoms with Crippen molar-refractivity contribution in [1.82, 2.24) is 9.88 Å². The summed E-state index contributed by atoms with van der Waals surface area (Å²) in [5, 5.41) is 3.66. The molecule has 4 nitrogen and oxygen atoms in total. The molecule has 24 heavy (non-hydrogen) atoms. The predicted molar refractivity (Wildman–Crippen MR) is 103 cm³/mol. The van der Waals surface area contributed by atoms with Crippen LogP contribution in [0.1, 0.15) is 20.7 Å². The molecule has 2 heterocycles. The number of aromatic nitrogens is 1. The minimum Gasteiger partial charge on any atom is -0.349 e. The van der Waals surface area contributed by atoms with Gasteiger partial charge < -0.3 is 4.57 Å². The number of carbonyl (C=O) groups excluding carboxylic acids is 2. The molecule has 7 heteroatoms. The maximum Gasteiger partial charge on any atom is 0.259 e. The van der Waals surface area contributed by atoms with Crippen LogP contribution in [0.15, 0.2) is 41.0 Å². The Morgan fingerprint density at radius 1 is 1.08 bits per heavy atom. The fourth-order valence-corrected chi connectivity index (χ4v) is 4.02. The van der Waals surface area contributed by atoms with Crippen molar-refractivity contribution in [2.75, 3.05) is 0 Å². The maximum absolute atomic E-state index is 12.3. The average Bonchev–Trinajstić information content (AvgIpc) is 2.96. The summed E-state index contributed by atoms with van der Waals surface area (Å²) in [7, 11) is 1.89. The third kappa shape index (κ3) is 2.32. The van der Waals surface area contributed by atoms with Crippen molar-refractivity contribution in [2.24, 2.45) is 7.05 Å². The van der Waals surface area contributed by atoms with Gasteiger partial charge in [-0.1, -0.05) is 29.8 Å². The molecule has 2 aromatic carbocycles. The van der Waals surface area contributed by atoms with Gasteiger partial charge in [0.2, 0.25) is 0 Å². The van der Waals surface area contributed by atoms with Crippen molar-refractivity contribution in [1.29, 1.82) is 0 Å². The molecular weight excluding hydrogens is 459 g/mol. The number of aryl methyl sites for hydroxylation is 1. The van der Waals surface area contributed by atoms with E-state index < -0.39 is 5.91 Å². The van der Waals surface area contributed by atoms with Crippen LogP contribution in [-0.2, 0) is 7.05 Å². The van der Waals surface area contributed by atoms with E-state index in [4.69, 9.17) is 11.6 Å². The van der Waals surface area contributed by atoms with Gasteiger partial charge in [0.1, 0.15) is 0 Å². The van der Waals surface area contributed by atoms with Crippen molar-refractivity contribution < 1.29 is 9.59 Å². The summed E-state index contributed by atoms with van der Waals surface area (Å²) in [4.78, 5) is 24.7. The van der Waals surface area contributed by atoms with E-state index in [0.717, 1.165) is 20.9 Å². The van der Waals surface area contributed by atoms with Crippen LogP contribution in [0, 0.1) is 0 Å². The Morgan fingerprint density at radius 2 is 1.75 bits per heavy atom. The number of nitrogens with one attached hydrogen (secondary N) is 1. The van der Waals surface area contributed by atoms with Crippen LogP contribution in [0.2, 0.25) is 5.02 Å². The highest BCUT2D eigenvalue weighted by Gasteiger charge is 2.34. The summed E-state index contributed by atoms with van der Waals surface area (Å²) >= 11 is 9.78. The Kier molecular flexibility index (Phi) is 4.32. The minimum atomic E-state index is -0.391. The summed E-state index contributed by atoms with van der Waals surface area (Å²) in [6, 6.07) is 9.20. The molecule has 0 saturated heterocycles. The van der Waals surface area contributed by atoms with Crippen LogP contribution in [0.3, 0.4) is 0 Å². The van der Waals surface area contributed by atoms with Crippen molar-refractivity contribution in [3.8, 4) is 11.1 Å². The van der Waals surface area contributed by atoms with Gasteiger partial charge in [-0.3, -0.25) is 14.9 Å². The van der Waals surface area contributed by atoms with Gasteiger partial charge in [-0.15, -0.1) is 17.0 Å². The quantitative estimate of drug-likeness (QED) is 0.523. The molecule has 0 aliphatic carbocycles. The highest BCUT2D eigenvalue weighted by atomic mass is 79.9. The van der Waals surface area contributed by atoms with E-state index in [-0.39, 0.29) is 22.9 Å². The lowest BCUT2D eigenvalue weighted by Gasteiger charge is -2.10. The lowest BCUT2D eigenvalue weighted by molar-refractivity contribution is 0.0880. The standard InChI is InChI=1S/C17H10BrClN2O2.BrH/c1-21-7-10(18)14-12(21)6-9(8-4-2-3-5-11(8)19)13-15(14)17(23)20-16(13)22;/h2-7H,1H3,(H,20,22,23);1H. The summed E-state index contributed by atoms with van der Waals surface area (Å²) in [5.41, 5.74) is 3.03. The number of nitrogens with zero attached hydrogens (tertiary/aromatic N) is 1. The second-order valence-corrected chi connectivity index (χ2v) is 6.68. The molecule has 1 N–H and O–H groups in total. The molecule has 1 aliphatic heterocycles. The molecule has 0 spiro atoms. The topological polar surface area (TPSA) is 51.1 Å². The first-order chi connectivity index (χ1) is 11.0. The molecule has 122 valence electrons. The van der Waals surface area contributed by atoms with Crippen molar-refractivity contribution in [3.63, 3.8) is 0 Å². The average molecular weight is 471 g/mol. The van der Waals surface area contributed by atoms with E-state index in [1.165, 1.54) is 0 Å². The second-order valence-electron chi connectivity index (χ2n) is 5.42. The third-order valence-corrected chi connectivity index (χ3v) is 5.01. The lowest BCUT2D eigenvalue weighted by Crippen LogP contribution is -2.20. The van der Waals surface area contributed by atoms with Crippen LogP contribution in [0.25, 0.3) is 22.0 Å². The molecule has 0 fully saturated rings. The Balaban J connectivity index is 0.00000169. The Morgan fingerprint density at radius 3 is 2.46 bits per heavy atom. The molecule has 1 aliphatic rings. The molecule has 2 amide bonds. The van der Waals surface area contributed by atoms with Crippen LogP contribution in [-0.4, -0.2) is 16.4 Å². The number of fused-ring (bicyclic) bond motifs is 3. The first-order valence-corrected chi connectivity index (χ1v) is 8.08. The number of imide groups is 1. The molecule has 0 radical (unpaired) electrons. The van der Waals surface area contributed by atoms with E-state index >= 15 is 0 Å². The second kappa shape index (κ2) is 6.02. The number of hydrogen-bond acceptors (Lipinski definition) is 2. The number of benzene rings is 2. The predicted octanol–water partition coefficient (Wildman–Crippen LogP) is 4.72. The molecular formula is C17H11Br2ClN2O2. The first kappa shape index (κ1) is 17.2. The fourth-order valence-electron chi connectivity index (χ4n) is 3.08. The maximum atomic E-state index is 12.3. The zero-order valence-electron chi connectivity index (χ0n) is 12.4. The molecule has 0 unspecified atom stereocenters. The summed E-state index contributed by atoms with van der Waals surface area (Å²) in [6.07, 6.45) is 1.87. The van der Waals surface area contributed by atoms with Gasteiger partial charge in [0.15, 0.2) is 0 Å². The van der Waals surface area contributed by atoms with E-state index in [9.17, 15) is 9.59 Å². The molecule has 0 atom stereocenters. The number of rotatable bonds is 1. The molecule has 0 bridgehead atoms. The molecule has 1 aromatic heterocycles. The highest BCUT2D eigenvalue weighted by molar-refractivity contribution is 9.10. The van der Waals surface area contributed by atoms with Crippen LogP contribution >= 0.6 is 44.5 Å². The van der Waals surface area contributed by atoms with Crippen molar-refractivity contribution >= 4 is 67.2 Å². The summed E-state index contributed by atoms with van der Waals surface area (Å²) < 4.78 is 2.69. The van der Waals surface area contributed by atoms with Crippen LogP contribution < -0.4 is 5.32 Å². The minimum absolute atomic E-state index is 0. The fraction of sp³-hybridized carbons (Fsp3) is 0.0588. The number of halogens is 3. The molecule has 0 saturated carbocycles. The van der Waals surface area contributed by atoms with Gasteiger partial charge in [-0.25, -0.2) is 0 Å². The van der Waals surface area contributed by atoms with Gasteiger partial charge in [-0.05, 0) is 33.6 Å². The Hall–Kier alpha value is -1.63. The Bertz CT molecular complexity index is 1030. The molecule has 3 aromatic rings. The summed E-state index contributed by atoms with van der Waals surface area (Å²) in [5.74, 6) is -0.770. The normalized spacial score (nSPS) is 13.0. The van der Waals surface area contributed by atoms with Crippen molar-refractivity contribution in [3.05, 3.63) is 57.2 Å². The van der Waals surface area contributed by atoms with E-state index in [1.807, 2.05) is 42.1 Å². The van der Waals surface area contributed by atoms with Crippen LogP contribution in [0.5, 0.6) is 0 Å². The highest BCUT2D eigenvalue weighted by Crippen LogP contribution is 2.40. The van der Waals surface area contributed by atoms with Gasteiger partial charge in [0.25, 0.3) is 11.8 Å². The zero-order valence-corrected chi connectivity index (χ0v) is 16.4. The van der Waals surface area contributed by atoms with Gasteiger partial charge in [-0.2, -0.15) is 0 Å². The number of carbonyl (C=O) groups is 2. The SMILES string of the molecule is Br.Cn1cc(Br)c2c3c(c(-c4ccccc4Cl)cc21)C(=O)NC3=O. The van der Waals surface area contributed by atoms with E-state index in [2.05, 4.69) is 21.2 Å². The largest absolute Gasteiger partial charge is 0.349 e. The lowest BCUT2D eigenvalue weighted by atomic mass is 9.94. The number of amides is 2. The van der Waals surface area contributed by atoms with Gasteiger partial charge >= 0.3 is 0 Å². The third-order valence-electron chi connectivity index (χ3n) is 4.08. The zero-order chi connectivity index (χ0) is 16.3. The monoisotopic (exact) mass is 468 g/mol. The number of hydrogen-bond donors (Lipinski definition) is 1. The van der Waals surface area contributed by atoms with E-state index in [0.29, 0.717) is 21.7 Å². The smallest absolute Gasteiger partial charge is 0.259 e. The summed E-state index contributed by atoms with van der Waals surface area (Å²) in [6.45, 7) is 0.